The lowest BCUT2D eigenvalue weighted by Crippen LogP contribution is -2.43. The van der Waals surface area contributed by atoms with E-state index in [9.17, 15) is 5.11 Å². The number of hydrogen-bond donors (Lipinski definition) is 1. The first kappa shape index (κ1) is 15.5. The maximum atomic E-state index is 9.47. The smallest absolute Gasteiger partial charge is 0.161 e. The van der Waals surface area contributed by atoms with Crippen LogP contribution < -0.4 is 4.90 Å². The highest BCUT2D eigenvalue weighted by atomic mass is 35.5. The number of nitrogens with zero attached hydrogens (tertiary/aromatic N) is 4. The molecular weight excluding hydrogens is 300 g/mol. The van der Waals surface area contributed by atoms with E-state index < -0.39 is 0 Å². The first-order valence-corrected chi connectivity index (χ1v) is 8.29. The number of pyridine rings is 1. The second-order valence-corrected chi connectivity index (χ2v) is 6.48. The largest absolute Gasteiger partial charge is 0.395 e. The number of likely N-dealkylation sites (tertiary alicyclic amines) is 1. The molecule has 1 aromatic heterocycles. The summed E-state index contributed by atoms with van der Waals surface area (Å²) >= 11 is 5.98. The Bertz CT molecular complexity index is 574. The monoisotopic (exact) mass is 320 g/mol. The molecule has 2 atom stereocenters. The van der Waals surface area contributed by atoms with Gasteiger partial charge in [0, 0.05) is 25.2 Å². The molecule has 0 aromatic carbocycles. The molecule has 6 heteroatoms. The number of anilines is 1. The van der Waals surface area contributed by atoms with Gasteiger partial charge >= 0.3 is 0 Å². The van der Waals surface area contributed by atoms with E-state index >= 15 is 0 Å². The van der Waals surface area contributed by atoms with E-state index in [0.717, 1.165) is 51.1 Å². The highest BCUT2D eigenvalue weighted by molar-refractivity contribution is 6.31. The fraction of sp³-hybridized carbons (Fsp3) is 0.625. The molecule has 0 aliphatic carbocycles. The second kappa shape index (κ2) is 6.82. The van der Waals surface area contributed by atoms with Gasteiger partial charge in [-0.15, -0.1) is 0 Å². The first-order chi connectivity index (χ1) is 10.7. The number of nitriles is 1. The van der Waals surface area contributed by atoms with Crippen molar-refractivity contribution in [1.29, 1.82) is 5.26 Å². The van der Waals surface area contributed by atoms with Crippen LogP contribution >= 0.6 is 11.6 Å². The molecule has 0 radical (unpaired) electrons. The van der Waals surface area contributed by atoms with E-state index in [2.05, 4.69) is 20.9 Å². The van der Waals surface area contributed by atoms with Gasteiger partial charge in [0.1, 0.15) is 11.9 Å². The molecule has 2 aliphatic heterocycles. The third-order valence-corrected chi connectivity index (χ3v) is 5.07. The average molecular weight is 321 g/mol. The summed E-state index contributed by atoms with van der Waals surface area (Å²) in [6, 6.07) is 6.40. The molecule has 1 N–H and O–H groups in total. The predicted octanol–water partition coefficient (Wildman–Crippen LogP) is 2.03. The Hall–Kier alpha value is -1.35. The lowest BCUT2D eigenvalue weighted by Gasteiger charge is -2.32. The second-order valence-electron chi connectivity index (χ2n) is 6.07. The van der Waals surface area contributed by atoms with Gasteiger partial charge in [-0.25, -0.2) is 4.98 Å². The molecule has 2 aliphatic rings. The van der Waals surface area contributed by atoms with Crippen LogP contribution in [0.15, 0.2) is 12.1 Å². The molecule has 2 unspecified atom stereocenters. The Labute approximate surface area is 136 Å². The van der Waals surface area contributed by atoms with E-state index in [1.165, 1.54) is 0 Å². The summed E-state index contributed by atoms with van der Waals surface area (Å²) in [5.41, 5.74) is 0.291. The summed E-state index contributed by atoms with van der Waals surface area (Å²) in [5, 5.41) is 19.0. The topological polar surface area (TPSA) is 63.4 Å². The molecule has 0 saturated carbocycles. The molecule has 2 saturated heterocycles. The van der Waals surface area contributed by atoms with Crippen molar-refractivity contribution in [1.82, 2.24) is 9.88 Å². The van der Waals surface area contributed by atoms with Gasteiger partial charge < -0.3 is 10.0 Å². The third kappa shape index (κ3) is 3.05. The zero-order valence-corrected chi connectivity index (χ0v) is 13.3. The summed E-state index contributed by atoms with van der Waals surface area (Å²) in [6.07, 6.45) is 4.51. The Kier molecular flexibility index (Phi) is 4.82. The molecule has 1 aromatic rings. The lowest BCUT2D eigenvalue weighted by atomic mass is 10.2. The maximum absolute atomic E-state index is 9.47. The highest BCUT2D eigenvalue weighted by Gasteiger charge is 2.32. The van der Waals surface area contributed by atoms with Crippen molar-refractivity contribution in [2.45, 2.75) is 37.8 Å². The fourth-order valence-corrected chi connectivity index (χ4v) is 3.76. The van der Waals surface area contributed by atoms with Crippen LogP contribution in [0.4, 0.5) is 5.82 Å². The Balaban J connectivity index is 1.74. The number of aromatic nitrogens is 1. The van der Waals surface area contributed by atoms with Crippen molar-refractivity contribution in [2.75, 3.05) is 31.1 Å². The molecule has 118 valence electrons. The van der Waals surface area contributed by atoms with Crippen LogP contribution in [0.5, 0.6) is 0 Å². The summed E-state index contributed by atoms with van der Waals surface area (Å²) in [7, 11) is 0. The summed E-state index contributed by atoms with van der Waals surface area (Å²) in [5.74, 6) is 0.836. The normalized spacial score (nSPS) is 25.6. The van der Waals surface area contributed by atoms with Crippen molar-refractivity contribution < 1.29 is 5.11 Å². The van der Waals surface area contributed by atoms with Gasteiger partial charge in [-0.3, -0.25) is 4.90 Å². The minimum atomic E-state index is 0.241. The molecule has 0 amide bonds. The van der Waals surface area contributed by atoms with Crippen molar-refractivity contribution in [2.24, 2.45) is 0 Å². The third-order valence-electron chi connectivity index (χ3n) is 4.76. The quantitative estimate of drug-likeness (QED) is 0.919. The summed E-state index contributed by atoms with van der Waals surface area (Å²) in [4.78, 5) is 9.08. The van der Waals surface area contributed by atoms with E-state index in [1.54, 1.807) is 6.07 Å². The van der Waals surface area contributed by atoms with Crippen LogP contribution in [0.3, 0.4) is 0 Å². The van der Waals surface area contributed by atoms with Crippen LogP contribution in [0, 0.1) is 11.3 Å². The fourth-order valence-electron chi connectivity index (χ4n) is 3.61. The van der Waals surface area contributed by atoms with Gasteiger partial charge in [0.2, 0.25) is 0 Å². The molecule has 0 spiro atoms. The van der Waals surface area contributed by atoms with Crippen molar-refractivity contribution in [3.63, 3.8) is 0 Å². The van der Waals surface area contributed by atoms with Crippen LogP contribution in [0.2, 0.25) is 5.02 Å². The molecule has 3 heterocycles. The van der Waals surface area contributed by atoms with Crippen LogP contribution in [-0.2, 0) is 0 Å². The molecule has 3 rings (SSSR count). The zero-order chi connectivity index (χ0) is 15.5. The lowest BCUT2D eigenvalue weighted by molar-refractivity contribution is 0.153. The van der Waals surface area contributed by atoms with Crippen LogP contribution in [-0.4, -0.2) is 53.3 Å². The van der Waals surface area contributed by atoms with E-state index in [-0.39, 0.29) is 6.61 Å². The standard InChI is InChI=1S/C16H21ClN4O/c17-14-5-6-16(19-15(14)9-18)21-8-2-3-12(21)10-20-7-1-4-13(20)11-22/h5-6,12-13,22H,1-4,7-8,10-11H2. The van der Waals surface area contributed by atoms with Crippen molar-refractivity contribution >= 4 is 17.4 Å². The number of halogens is 1. The molecule has 2 fully saturated rings. The summed E-state index contributed by atoms with van der Waals surface area (Å²) in [6.45, 7) is 3.22. The van der Waals surface area contributed by atoms with E-state index in [0.29, 0.717) is 22.8 Å². The first-order valence-electron chi connectivity index (χ1n) is 7.91. The van der Waals surface area contributed by atoms with Gasteiger partial charge in [0.05, 0.1) is 11.6 Å². The number of hydrogen-bond acceptors (Lipinski definition) is 5. The molecule has 5 nitrogen and oxygen atoms in total. The van der Waals surface area contributed by atoms with E-state index in [4.69, 9.17) is 16.9 Å². The zero-order valence-electron chi connectivity index (χ0n) is 12.6. The SMILES string of the molecule is N#Cc1nc(N2CCCC2CN2CCCC2CO)ccc1Cl. The Morgan fingerprint density at radius 2 is 2.05 bits per heavy atom. The van der Waals surface area contributed by atoms with Gasteiger partial charge in [-0.1, -0.05) is 11.6 Å². The minimum absolute atomic E-state index is 0.241. The Morgan fingerprint density at radius 1 is 1.27 bits per heavy atom. The van der Waals surface area contributed by atoms with Crippen molar-refractivity contribution in [3.8, 4) is 6.07 Å². The average Bonchev–Trinajstić information content (AvgIpc) is 3.17. The Morgan fingerprint density at radius 3 is 2.82 bits per heavy atom. The number of aliphatic hydroxyl groups is 1. The minimum Gasteiger partial charge on any atom is -0.395 e. The van der Waals surface area contributed by atoms with Gasteiger partial charge in [-0.05, 0) is 44.4 Å². The molecule has 22 heavy (non-hydrogen) atoms. The summed E-state index contributed by atoms with van der Waals surface area (Å²) < 4.78 is 0. The number of aliphatic hydroxyl groups excluding tert-OH is 1. The van der Waals surface area contributed by atoms with Gasteiger partial charge in [0.25, 0.3) is 0 Å². The molecule has 0 bridgehead atoms. The highest BCUT2D eigenvalue weighted by Crippen LogP contribution is 2.28. The van der Waals surface area contributed by atoms with Gasteiger partial charge in [0.15, 0.2) is 5.69 Å². The molecular formula is C16H21ClN4O. The van der Waals surface area contributed by atoms with Crippen LogP contribution in [0.25, 0.3) is 0 Å². The van der Waals surface area contributed by atoms with Crippen LogP contribution in [0.1, 0.15) is 31.4 Å². The van der Waals surface area contributed by atoms with Gasteiger partial charge in [-0.2, -0.15) is 5.26 Å². The predicted molar refractivity (Wildman–Crippen MR) is 86.0 cm³/mol. The maximum Gasteiger partial charge on any atom is 0.161 e. The van der Waals surface area contributed by atoms with E-state index in [1.807, 2.05) is 6.07 Å². The number of rotatable bonds is 4. The van der Waals surface area contributed by atoms with Crippen molar-refractivity contribution in [3.05, 3.63) is 22.8 Å².